The van der Waals surface area contributed by atoms with Crippen molar-refractivity contribution in [1.29, 1.82) is 0 Å². The number of unbranched alkanes of at least 4 members (excludes halogenated alkanes) is 1. The van der Waals surface area contributed by atoms with E-state index in [0.29, 0.717) is 0 Å². The lowest BCUT2D eigenvalue weighted by Gasteiger charge is -2.05. The van der Waals surface area contributed by atoms with E-state index < -0.39 is 0 Å². The van der Waals surface area contributed by atoms with Gasteiger partial charge < -0.3 is 15.5 Å². The van der Waals surface area contributed by atoms with E-state index in [1.165, 1.54) is 0 Å². The van der Waals surface area contributed by atoms with Crippen LogP contribution in [0.2, 0.25) is 0 Å². The van der Waals surface area contributed by atoms with Gasteiger partial charge >= 0.3 is 0 Å². The lowest BCUT2D eigenvalue weighted by atomic mass is 10.3. The van der Waals surface area contributed by atoms with Gasteiger partial charge in [-0.2, -0.15) is 0 Å². The molecule has 0 unspecified atom stereocenters. The normalized spacial score (nSPS) is 9.92. The van der Waals surface area contributed by atoms with Crippen molar-refractivity contribution in [1.82, 2.24) is 0 Å². The van der Waals surface area contributed by atoms with E-state index in [-0.39, 0.29) is 12.4 Å². The molecule has 3 N–H and O–H groups in total. The molecule has 13 heavy (non-hydrogen) atoms. The number of benzene rings is 1. The molecule has 0 aliphatic heterocycles. The number of hydrogen-bond acceptors (Lipinski definition) is 3. The van der Waals surface area contributed by atoms with Gasteiger partial charge in [0, 0.05) is 24.9 Å². The Morgan fingerprint density at radius 2 is 2.08 bits per heavy atom. The van der Waals surface area contributed by atoms with E-state index in [2.05, 4.69) is 5.32 Å². The van der Waals surface area contributed by atoms with Crippen LogP contribution in [0.4, 0.5) is 5.69 Å². The van der Waals surface area contributed by atoms with Crippen molar-refractivity contribution in [3.63, 3.8) is 0 Å². The van der Waals surface area contributed by atoms with Gasteiger partial charge in [-0.05, 0) is 25.0 Å². The molecule has 0 heterocycles. The second-order valence-corrected chi connectivity index (χ2v) is 2.91. The van der Waals surface area contributed by atoms with Gasteiger partial charge in [0.25, 0.3) is 0 Å². The fraction of sp³-hybridized carbons (Fsp3) is 0.400. The summed E-state index contributed by atoms with van der Waals surface area (Å²) < 4.78 is 0. The minimum Gasteiger partial charge on any atom is -0.508 e. The van der Waals surface area contributed by atoms with Crippen molar-refractivity contribution in [3.05, 3.63) is 24.3 Å². The average Bonchev–Trinajstić information content (AvgIpc) is 2.13. The summed E-state index contributed by atoms with van der Waals surface area (Å²) in [5.74, 6) is 0.271. The second-order valence-electron chi connectivity index (χ2n) is 2.91. The van der Waals surface area contributed by atoms with Crippen molar-refractivity contribution in [3.8, 4) is 5.75 Å². The summed E-state index contributed by atoms with van der Waals surface area (Å²) in [6.07, 6.45) is 1.75. The molecule has 0 aliphatic rings. The van der Waals surface area contributed by atoms with Crippen LogP contribution in [-0.2, 0) is 0 Å². The van der Waals surface area contributed by atoms with E-state index in [1.807, 2.05) is 6.07 Å². The zero-order valence-electron chi connectivity index (χ0n) is 7.53. The van der Waals surface area contributed by atoms with Crippen LogP contribution in [0.3, 0.4) is 0 Å². The summed E-state index contributed by atoms with van der Waals surface area (Å²) in [6.45, 7) is 1.06. The first-order valence-corrected chi connectivity index (χ1v) is 4.46. The first-order chi connectivity index (χ1) is 6.33. The molecule has 0 aromatic heterocycles. The van der Waals surface area contributed by atoms with Crippen LogP contribution in [0.25, 0.3) is 0 Å². The molecule has 0 saturated heterocycles. The topological polar surface area (TPSA) is 52.5 Å². The smallest absolute Gasteiger partial charge is 0.117 e. The first kappa shape index (κ1) is 9.86. The van der Waals surface area contributed by atoms with Gasteiger partial charge in [0.05, 0.1) is 0 Å². The molecular weight excluding hydrogens is 166 g/mol. The largest absolute Gasteiger partial charge is 0.508 e. The molecule has 0 atom stereocenters. The summed E-state index contributed by atoms with van der Waals surface area (Å²) in [5, 5.41) is 20.8. The van der Waals surface area contributed by atoms with E-state index >= 15 is 0 Å². The maximum absolute atomic E-state index is 9.14. The van der Waals surface area contributed by atoms with Gasteiger partial charge in [0.2, 0.25) is 0 Å². The highest BCUT2D eigenvalue weighted by molar-refractivity contribution is 5.47. The SMILES string of the molecule is OCCCCNc1cccc(O)c1. The van der Waals surface area contributed by atoms with Gasteiger partial charge in [0.1, 0.15) is 5.75 Å². The monoisotopic (exact) mass is 181 g/mol. The Kier molecular flexibility index (Phi) is 4.12. The van der Waals surface area contributed by atoms with Crippen molar-refractivity contribution < 1.29 is 10.2 Å². The predicted octanol–water partition coefficient (Wildman–Crippen LogP) is 1.58. The zero-order chi connectivity index (χ0) is 9.52. The van der Waals surface area contributed by atoms with Gasteiger partial charge in [-0.25, -0.2) is 0 Å². The number of rotatable bonds is 5. The molecule has 1 rings (SSSR count). The van der Waals surface area contributed by atoms with Crippen LogP contribution in [0, 0.1) is 0 Å². The van der Waals surface area contributed by atoms with Crippen LogP contribution in [0.15, 0.2) is 24.3 Å². The highest BCUT2D eigenvalue weighted by Crippen LogP contribution is 2.14. The predicted molar refractivity (Wildman–Crippen MR) is 52.9 cm³/mol. The number of nitrogens with one attached hydrogen (secondary N) is 1. The third-order valence-electron chi connectivity index (χ3n) is 1.76. The molecule has 0 fully saturated rings. The molecule has 0 radical (unpaired) electrons. The van der Waals surface area contributed by atoms with Crippen LogP contribution in [0.1, 0.15) is 12.8 Å². The summed E-state index contributed by atoms with van der Waals surface area (Å²) in [6, 6.07) is 7.01. The highest BCUT2D eigenvalue weighted by atomic mass is 16.3. The summed E-state index contributed by atoms with van der Waals surface area (Å²) in [5.41, 5.74) is 0.915. The van der Waals surface area contributed by atoms with Gasteiger partial charge in [-0.1, -0.05) is 6.07 Å². The molecule has 72 valence electrons. The number of phenolic OH excluding ortho intramolecular Hbond substituents is 1. The van der Waals surface area contributed by atoms with Crippen molar-refractivity contribution in [2.24, 2.45) is 0 Å². The van der Waals surface area contributed by atoms with E-state index in [9.17, 15) is 0 Å². The Labute approximate surface area is 78.0 Å². The third kappa shape index (κ3) is 3.80. The van der Waals surface area contributed by atoms with E-state index in [0.717, 1.165) is 25.1 Å². The van der Waals surface area contributed by atoms with Gasteiger partial charge in [-0.3, -0.25) is 0 Å². The minimum atomic E-state index is 0.238. The zero-order valence-corrected chi connectivity index (χ0v) is 7.53. The fourth-order valence-corrected chi connectivity index (χ4v) is 1.09. The van der Waals surface area contributed by atoms with Crippen LogP contribution in [0.5, 0.6) is 5.75 Å². The Balaban J connectivity index is 2.28. The average molecular weight is 181 g/mol. The van der Waals surface area contributed by atoms with Crippen molar-refractivity contribution in [2.75, 3.05) is 18.5 Å². The van der Waals surface area contributed by atoms with Crippen molar-refractivity contribution >= 4 is 5.69 Å². The van der Waals surface area contributed by atoms with E-state index in [4.69, 9.17) is 10.2 Å². The molecule has 1 aromatic carbocycles. The maximum atomic E-state index is 9.14. The van der Waals surface area contributed by atoms with Crippen LogP contribution >= 0.6 is 0 Å². The summed E-state index contributed by atoms with van der Waals surface area (Å²) in [4.78, 5) is 0. The van der Waals surface area contributed by atoms with Crippen LogP contribution in [-0.4, -0.2) is 23.4 Å². The lowest BCUT2D eigenvalue weighted by molar-refractivity contribution is 0.286. The molecule has 3 heteroatoms. The van der Waals surface area contributed by atoms with Crippen LogP contribution < -0.4 is 5.32 Å². The third-order valence-corrected chi connectivity index (χ3v) is 1.76. The number of aliphatic hydroxyl groups excluding tert-OH is 1. The molecule has 3 nitrogen and oxygen atoms in total. The lowest BCUT2D eigenvalue weighted by Crippen LogP contribution is -2.01. The minimum absolute atomic E-state index is 0.238. The van der Waals surface area contributed by atoms with Crippen molar-refractivity contribution in [2.45, 2.75) is 12.8 Å². The Morgan fingerprint density at radius 1 is 1.23 bits per heavy atom. The number of anilines is 1. The number of phenols is 1. The quantitative estimate of drug-likeness (QED) is 0.604. The molecule has 0 aliphatic carbocycles. The standard InChI is InChI=1S/C10H15NO2/c12-7-2-1-6-11-9-4-3-5-10(13)8-9/h3-5,8,11-13H,1-2,6-7H2. The Hall–Kier alpha value is -1.22. The first-order valence-electron chi connectivity index (χ1n) is 4.46. The summed E-state index contributed by atoms with van der Waals surface area (Å²) >= 11 is 0. The second kappa shape index (κ2) is 5.43. The molecule has 0 saturated carbocycles. The molecule has 0 amide bonds. The molecule has 0 bridgehead atoms. The summed E-state index contributed by atoms with van der Waals surface area (Å²) in [7, 11) is 0. The van der Waals surface area contributed by atoms with Gasteiger partial charge in [0.15, 0.2) is 0 Å². The highest BCUT2D eigenvalue weighted by Gasteiger charge is 1.92. The molecule has 0 spiro atoms. The number of aliphatic hydroxyl groups is 1. The maximum Gasteiger partial charge on any atom is 0.117 e. The van der Waals surface area contributed by atoms with E-state index in [1.54, 1.807) is 18.2 Å². The van der Waals surface area contributed by atoms with Gasteiger partial charge in [-0.15, -0.1) is 0 Å². The fourth-order valence-electron chi connectivity index (χ4n) is 1.09. The molecular formula is C10H15NO2. The molecule has 1 aromatic rings. The Morgan fingerprint density at radius 3 is 2.77 bits per heavy atom. The number of aromatic hydroxyl groups is 1. The Bertz CT molecular complexity index is 250. The number of hydrogen-bond donors (Lipinski definition) is 3.